The largest absolute Gasteiger partial charge is 0.462 e. The van der Waals surface area contributed by atoms with Gasteiger partial charge in [-0.1, -0.05) is 0 Å². The van der Waals surface area contributed by atoms with Crippen molar-refractivity contribution in [2.75, 3.05) is 18.5 Å². The minimum absolute atomic E-state index is 0.0502. The number of nitrogens with zero attached hydrogens (tertiary/aromatic N) is 2. The standard InChI is InChI=1S/C24H26F2N5O6P/c1-4-28-20(8-13(3)27)22(32)30-24-29-19-9-14(23(33)37-5-2)6-7-21(19)31(24)12-16-17(25)10-15(11-18(16)26)38(34,35)36/h6-11,27-28H,4-5,12H2,1-3H3,(H,29,30,32)(H2,34,35,36)/b20-8-,27-13?. The summed E-state index contributed by atoms with van der Waals surface area (Å²) < 4.78 is 47.4. The maximum atomic E-state index is 14.8. The first-order valence-electron chi connectivity index (χ1n) is 11.4. The number of likely N-dealkylation sites (N-methyl/N-ethyl adjacent to an activating group) is 1. The van der Waals surface area contributed by atoms with Gasteiger partial charge in [0.1, 0.15) is 17.3 Å². The van der Waals surface area contributed by atoms with Crippen LogP contribution in [0.4, 0.5) is 14.7 Å². The summed E-state index contributed by atoms with van der Waals surface area (Å²) in [5.41, 5.74) is 0.272. The third-order valence-electron chi connectivity index (χ3n) is 5.24. The number of rotatable bonds is 10. The van der Waals surface area contributed by atoms with Crippen LogP contribution in [0.1, 0.15) is 36.7 Å². The zero-order valence-corrected chi connectivity index (χ0v) is 21.6. The molecule has 0 radical (unpaired) electrons. The van der Waals surface area contributed by atoms with Gasteiger partial charge in [-0.3, -0.25) is 14.7 Å². The molecule has 2 aromatic carbocycles. The molecule has 202 valence electrons. The number of ether oxygens (including phenoxy) is 1. The summed E-state index contributed by atoms with van der Waals surface area (Å²) in [4.78, 5) is 48.1. The van der Waals surface area contributed by atoms with Gasteiger partial charge >= 0.3 is 13.6 Å². The number of nitrogens with one attached hydrogen (secondary N) is 3. The van der Waals surface area contributed by atoms with Crippen LogP contribution in [0.25, 0.3) is 11.0 Å². The van der Waals surface area contributed by atoms with Gasteiger partial charge in [0.25, 0.3) is 5.91 Å². The van der Waals surface area contributed by atoms with Crippen LogP contribution in [-0.4, -0.2) is 50.1 Å². The molecule has 1 aromatic heterocycles. The van der Waals surface area contributed by atoms with Crippen molar-refractivity contribution in [3.8, 4) is 0 Å². The molecule has 0 fully saturated rings. The Bertz CT molecular complexity index is 1470. The van der Waals surface area contributed by atoms with E-state index >= 15 is 0 Å². The molecule has 3 rings (SSSR count). The van der Waals surface area contributed by atoms with E-state index in [0.29, 0.717) is 24.2 Å². The number of halogens is 2. The predicted molar refractivity (Wildman–Crippen MR) is 137 cm³/mol. The normalized spacial score (nSPS) is 11.9. The van der Waals surface area contributed by atoms with Crippen molar-refractivity contribution >= 4 is 47.5 Å². The number of carbonyl (C=O) groups is 2. The number of fused-ring (bicyclic) bond motifs is 1. The van der Waals surface area contributed by atoms with E-state index in [1.54, 1.807) is 13.8 Å². The molecule has 0 unspecified atom stereocenters. The highest BCUT2D eigenvalue weighted by Gasteiger charge is 2.24. The number of amides is 1. The maximum Gasteiger partial charge on any atom is 0.356 e. The van der Waals surface area contributed by atoms with E-state index in [2.05, 4.69) is 15.6 Å². The second kappa shape index (κ2) is 11.6. The molecule has 5 N–H and O–H groups in total. The summed E-state index contributed by atoms with van der Waals surface area (Å²) in [6.45, 7) is 4.86. The molecule has 14 heteroatoms. The van der Waals surface area contributed by atoms with E-state index in [-0.39, 0.29) is 35.0 Å². The summed E-state index contributed by atoms with van der Waals surface area (Å²) in [5.74, 6) is -3.84. The first-order chi connectivity index (χ1) is 17.8. The molecular formula is C24H26F2N5O6P. The van der Waals surface area contributed by atoms with Crippen molar-refractivity contribution in [1.29, 1.82) is 5.41 Å². The van der Waals surface area contributed by atoms with E-state index in [9.17, 15) is 32.7 Å². The number of carbonyl (C=O) groups excluding carboxylic acids is 2. The molecule has 38 heavy (non-hydrogen) atoms. The third kappa shape index (κ3) is 6.49. The zero-order valence-electron chi connectivity index (χ0n) is 20.7. The fourth-order valence-electron chi connectivity index (χ4n) is 3.57. The Hall–Kier alpha value is -3.93. The van der Waals surface area contributed by atoms with Crippen molar-refractivity contribution < 1.29 is 37.5 Å². The monoisotopic (exact) mass is 549 g/mol. The van der Waals surface area contributed by atoms with Crippen LogP contribution in [0, 0.1) is 17.0 Å². The van der Waals surface area contributed by atoms with Crippen molar-refractivity contribution in [1.82, 2.24) is 14.9 Å². The Balaban J connectivity index is 2.14. The van der Waals surface area contributed by atoms with Gasteiger partial charge < -0.3 is 29.8 Å². The highest BCUT2D eigenvalue weighted by atomic mass is 31.2. The van der Waals surface area contributed by atoms with E-state index < -0.39 is 48.5 Å². The Morgan fingerprint density at radius 2 is 1.84 bits per heavy atom. The first kappa shape index (κ1) is 28.6. The molecule has 11 nitrogen and oxygen atoms in total. The topological polar surface area (TPSA) is 167 Å². The molecule has 0 aliphatic carbocycles. The molecule has 0 saturated heterocycles. The minimum Gasteiger partial charge on any atom is -0.462 e. The minimum atomic E-state index is -4.91. The number of aromatic nitrogens is 2. The van der Waals surface area contributed by atoms with Crippen LogP contribution in [0.5, 0.6) is 0 Å². The molecule has 0 atom stereocenters. The number of imidazole rings is 1. The van der Waals surface area contributed by atoms with E-state index in [1.807, 2.05) is 0 Å². The molecule has 0 aliphatic heterocycles. The summed E-state index contributed by atoms with van der Waals surface area (Å²) in [6, 6.07) is 5.39. The number of hydrogen-bond acceptors (Lipinski definition) is 7. The fourth-order valence-corrected chi connectivity index (χ4v) is 4.13. The molecule has 0 bridgehead atoms. The number of anilines is 1. The SMILES string of the molecule is CCN/C(=C\C(C)=N)C(=O)Nc1nc2cc(C(=O)OCC)ccc2n1Cc1c(F)cc(P(=O)(O)O)cc1F. The van der Waals surface area contributed by atoms with Crippen LogP contribution < -0.4 is 15.9 Å². The lowest BCUT2D eigenvalue weighted by molar-refractivity contribution is -0.113. The molecule has 0 spiro atoms. The fraction of sp³-hybridized carbons (Fsp3) is 0.250. The smallest absolute Gasteiger partial charge is 0.356 e. The van der Waals surface area contributed by atoms with E-state index in [1.165, 1.54) is 35.8 Å². The lowest BCUT2D eigenvalue weighted by Crippen LogP contribution is -2.27. The van der Waals surface area contributed by atoms with Crippen LogP contribution in [0.15, 0.2) is 42.1 Å². The van der Waals surface area contributed by atoms with Gasteiger partial charge in [0, 0.05) is 17.8 Å². The summed E-state index contributed by atoms with van der Waals surface area (Å²) in [6.07, 6.45) is 1.30. The Morgan fingerprint density at radius 1 is 1.18 bits per heavy atom. The van der Waals surface area contributed by atoms with Crippen molar-refractivity contribution in [3.63, 3.8) is 0 Å². The van der Waals surface area contributed by atoms with Gasteiger partial charge in [-0.25, -0.2) is 18.6 Å². The highest BCUT2D eigenvalue weighted by Crippen LogP contribution is 2.34. The second-order valence-electron chi connectivity index (χ2n) is 8.10. The van der Waals surface area contributed by atoms with Gasteiger partial charge in [-0.2, -0.15) is 0 Å². The van der Waals surface area contributed by atoms with Gasteiger partial charge in [0.15, 0.2) is 0 Å². The summed E-state index contributed by atoms with van der Waals surface area (Å²) >= 11 is 0. The third-order valence-corrected chi connectivity index (χ3v) is 6.17. The summed E-state index contributed by atoms with van der Waals surface area (Å²) in [5, 5.41) is 12.2. The molecule has 1 amide bonds. The molecular weight excluding hydrogens is 523 g/mol. The Kier molecular flexibility index (Phi) is 8.77. The quantitative estimate of drug-likeness (QED) is 0.111. The molecule has 3 aromatic rings. The number of benzene rings is 2. The van der Waals surface area contributed by atoms with Crippen molar-refractivity contribution in [2.24, 2.45) is 0 Å². The molecule has 0 aliphatic rings. The van der Waals surface area contributed by atoms with Crippen LogP contribution >= 0.6 is 7.60 Å². The lowest BCUT2D eigenvalue weighted by Gasteiger charge is -2.14. The average molecular weight is 549 g/mol. The van der Waals surface area contributed by atoms with Gasteiger partial charge in [-0.15, -0.1) is 0 Å². The van der Waals surface area contributed by atoms with Gasteiger partial charge in [0.05, 0.1) is 35.1 Å². The average Bonchev–Trinajstić information content (AvgIpc) is 3.16. The predicted octanol–water partition coefficient (Wildman–Crippen LogP) is 2.81. The number of allylic oxidation sites excluding steroid dienone is 1. The van der Waals surface area contributed by atoms with Gasteiger partial charge in [0.2, 0.25) is 5.95 Å². The van der Waals surface area contributed by atoms with Crippen molar-refractivity contribution in [2.45, 2.75) is 27.3 Å². The molecule has 1 heterocycles. The van der Waals surface area contributed by atoms with E-state index in [0.717, 1.165) is 0 Å². The maximum absolute atomic E-state index is 14.8. The van der Waals surface area contributed by atoms with Crippen molar-refractivity contribution in [3.05, 3.63) is 64.9 Å². The molecule has 0 saturated carbocycles. The van der Waals surface area contributed by atoms with Crippen LogP contribution in [-0.2, 0) is 20.6 Å². The Labute approximate surface area is 216 Å². The number of esters is 1. The van der Waals surface area contributed by atoms with Gasteiger partial charge in [-0.05, 0) is 57.2 Å². The lowest BCUT2D eigenvalue weighted by atomic mass is 10.1. The van der Waals surface area contributed by atoms with Crippen LogP contribution in [0.3, 0.4) is 0 Å². The van der Waals surface area contributed by atoms with E-state index in [4.69, 9.17) is 10.1 Å². The highest BCUT2D eigenvalue weighted by molar-refractivity contribution is 7.60. The summed E-state index contributed by atoms with van der Waals surface area (Å²) in [7, 11) is -4.91. The number of hydrogen-bond donors (Lipinski definition) is 5. The first-order valence-corrected chi connectivity index (χ1v) is 13.0. The zero-order chi connectivity index (χ0) is 28.2. The second-order valence-corrected chi connectivity index (χ2v) is 9.71. The van der Waals surface area contributed by atoms with Crippen LogP contribution in [0.2, 0.25) is 0 Å². The Morgan fingerprint density at radius 3 is 2.39 bits per heavy atom.